The van der Waals surface area contributed by atoms with Crippen LogP contribution in [-0.2, 0) is 34.9 Å². The number of benzene rings is 2. The van der Waals surface area contributed by atoms with E-state index in [4.69, 9.17) is 0 Å². The highest BCUT2D eigenvalue weighted by molar-refractivity contribution is 6.26. The van der Waals surface area contributed by atoms with Crippen molar-refractivity contribution in [2.24, 2.45) is 0 Å². The Hall–Kier alpha value is -6.05. The summed E-state index contributed by atoms with van der Waals surface area (Å²) in [7, 11) is 0. The number of fused-ring (bicyclic) bond motifs is 2. The van der Waals surface area contributed by atoms with Crippen molar-refractivity contribution in [3.8, 4) is 0 Å². The third-order valence-corrected chi connectivity index (χ3v) is 8.02. The molecular weight excluding hydrogens is 706 g/mol. The number of ketones is 4. The van der Waals surface area contributed by atoms with Gasteiger partial charge in [-0.1, -0.05) is 24.3 Å². The molecule has 0 bridgehead atoms. The Bertz CT molecular complexity index is 2150. The third kappa shape index (κ3) is 9.64. The number of allylic oxidation sites excluding steroid dienone is 4. The number of hydrogen-bond donors (Lipinski definition) is 0. The van der Waals surface area contributed by atoms with Crippen molar-refractivity contribution in [1.29, 1.82) is 0 Å². The minimum absolute atomic E-state index is 0.0123. The highest BCUT2D eigenvalue weighted by atomic mass is 19.4. The second-order valence-corrected chi connectivity index (χ2v) is 12.1. The number of hydrogen-bond acceptors (Lipinski definition) is 8. The number of rotatable bonds is 5. The average molecular weight is 737 g/mol. The van der Waals surface area contributed by atoms with Gasteiger partial charge in [0.15, 0.2) is 11.6 Å². The first-order valence-corrected chi connectivity index (χ1v) is 15.7. The van der Waals surface area contributed by atoms with Gasteiger partial charge in [-0.25, -0.2) is 0 Å². The molecule has 0 saturated heterocycles. The molecule has 0 N–H and O–H groups in total. The molecule has 0 unspecified atom stereocenters. The lowest BCUT2D eigenvalue weighted by Gasteiger charge is -2.19. The molecule has 0 spiro atoms. The zero-order valence-electron chi connectivity index (χ0n) is 28.6. The van der Waals surface area contributed by atoms with Crippen molar-refractivity contribution < 1.29 is 55.1 Å². The molecule has 2 aliphatic carbocycles. The molecule has 2 aromatic heterocycles. The van der Waals surface area contributed by atoms with Crippen molar-refractivity contribution in [2.45, 2.75) is 53.1 Å². The highest BCUT2D eigenvalue weighted by Gasteiger charge is 2.33. The van der Waals surface area contributed by atoms with Crippen LogP contribution in [0.25, 0.3) is 0 Å². The molecule has 14 heteroatoms. The van der Waals surface area contributed by atoms with E-state index in [2.05, 4.69) is 14.7 Å². The molecule has 0 radical (unpaired) electrons. The molecule has 6 rings (SSSR count). The number of aryl methyl sites for hydroxylation is 2. The normalized spacial score (nSPS) is 13.9. The summed E-state index contributed by atoms with van der Waals surface area (Å²) in [5.74, 6) is -0.910. The van der Waals surface area contributed by atoms with Crippen molar-refractivity contribution >= 4 is 29.6 Å². The van der Waals surface area contributed by atoms with Crippen molar-refractivity contribution in [2.75, 3.05) is 0 Å². The minimum Gasteiger partial charge on any atom is -0.463 e. The molecule has 0 atom stereocenters. The van der Waals surface area contributed by atoms with E-state index in [1.807, 2.05) is 6.92 Å². The van der Waals surface area contributed by atoms with E-state index in [0.717, 1.165) is 35.4 Å². The largest absolute Gasteiger partial charge is 0.463 e. The minimum atomic E-state index is -4.41. The lowest BCUT2D eigenvalue weighted by Crippen LogP contribution is -2.23. The van der Waals surface area contributed by atoms with E-state index in [1.54, 1.807) is 39.1 Å². The van der Waals surface area contributed by atoms with Gasteiger partial charge in [0.05, 0.1) is 22.3 Å². The molecule has 4 aromatic rings. The number of Topliss-reactive ketones (excluding diaryl/α,β-unsaturated/α-hetero) is 3. The third-order valence-electron chi connectivity index (χ3n) is 8.02. The number of pyridine rings is 2. The Balaban J connectivity index is 0.000000191. The Morgan fingerprint density at radius 3 is 1.60 bits per heavy atom. The fourth-order valence-corrected chi connectivity index (χ4v) is 5.18. The van der Waals surface area contributed by atoms with Crippen LogP contribution in [0.1, 0.15) is 88.9 Å². The molecule has 274 valence electrons. The van der Waals surface area contributed by atoms with E-state index in [9.17, 15) is 50.3 Å². The monoisotopic (exact) mass is 736 g/mol. The number of carbonyl (C=O) groups excluding carboxylic acids is 5. The summed E-state index contributed by atoms with van der Waals surface area (Å²) in [5, 5.41) is 0. The first kappa shape index (κ1) is 39.7. The van der Waals surface area contributed by atoms with E-state index in [1.165, 1.54) is 36.5 Å². The van der Waals surface area contributed by atoms with E-state index in [-0.39, 0.29) is 65.2 Å². The SMILES string of the molecule is CC1=C(Cc2ccc(C(F)(F)F)cc2)C(=O)c2cc(C)cnc2C1=O.CC1=CC(=O)c2cc(C)cnc2C1=O.O=COCc1ccc(C(F)(F)F)cc1. The Kier molecular flexibility index (Phi) is 12.1. The second-order valence-electron chi connectivity index (χ2n) is 12.1. The van der Waals surface area contributed by atoms with Gasteiger partial charge in [0.1, 0.15) is 18.0 Å². The van der Waals surface area contributed by atoms with Gasteiger partial charge in [-0.15, -0.1) is 0 Å². The summed E-state index contributed by atoms with van der Waals surface area (Å²) < 4.78 is 78.6. The van der Waals surface area contributed by atoms with Crippen LogP contribution < -0.4 is 0 Å². The van der Waals surface area contributed by atoms with E-state index >= 15 is 0 Å². The standard InChI is InChI=1S/C19H14F3NO2.C11H9NO2.C9H7F3O2/c1-10-7-15-16(23-9-10)17(24)11(2)14(18(15)25)8-12-3-5-13(6-4-12)19(20,21)22;1-6-3-8-9(13)4-7(2)11(14)10(8)12-5-6;10-9(11,12)8-3-1-7(2-4-8)5-14-6-13/h3-7,9H,8H2,1-2H3;3-5H,1-2H3;1-4,6H,5H2. The molecule has 0 aliphatic heterocycles. The van der Waals surface area contributed by atoms with Gasteiger partial charge in [-0.05, 0) is 92.4 Å². The molecule has 2 aliphatic rings. The Morgan fingerprint density at radius 1 is 0.642 bits per heavy atom. The van der Waals surface area contributed by atoms with E-state index < -0.39 is 23.5 Å². The summed E-state index contributed by atoms with van der Waals surface area (Å²) in [5.41, 5.74) is 3.34. The quantitative estimate of drug-likeness (QED) is 0.148. The first-order chi connectivity index (χ1) is 24.8. The number of nitrogens with zero attached hydrogens (tertiary/aromatic N) is 2. The lowest BCUT2D eigenvalue weighted by atomic mass is 9.84. The fourth-order valence-electron chi connectivity index (χ4n) is 5.18. The second kappa shape index (κ2) is 16.1. The maximum absolute atomic E-state index is 12.7. The lowest BCUT2D eigenvalue weighted by molar-refractivity contribution is -0.138. The predicted molar refractivity (Wildman–Crippen MR) is 179 cm³/mol. The van der Waals surface area contributed by atoms with Crippen molar-refractivity contribution in [3.05, 3.63) is 152 Å². The van der Waals surface area contributed by atoms with Crippen LogP contribution in [0.3, 0.4) is 0 Å². The van der Waals surface area contributed by atoms with Crippen molar-refractivity contribution in [1.82, 2.24) is 9.97 Å². The smallest absolute Gasteiger partial charge is 0.416 e. The zero-order valence-corrected chi connectivity index (χ0v) is 28.6. The summed E-state index contributed by atoms with van der Waals surface area (Å²) in [6.07, 6.45) is -4.15. The summed E-state index contributed by atoms with van der Waals surface area (Å²) in [6, 6.07) is 12.3. The van der Waals surface area contributed by atoms with Gasteiger partial charge < -0.3 is 4.74 Å². The summed E-state index contributed by atoms with van der Waals surface area (Å²) in [4.78, 5) is 66.1. The Morgan fingerprint density at radius 2 is 1.11 bits per heavy atom. The Labute approximate surface area is 299 Å². The van der Waals surface area contributed by atoms with Gasteiger partial charge in [0, 0.05) is 35.5 Å². The van der Waals surface area contributed by atoms with Gasteiger partial charge in [-0.2, -0.15) is 26.3 Å². The fraction of sp³-hybridized carbons (Fsp3) is 0.205. The van der Waals surface area contributed by atoms with E-state index in [0.29, 0.717) is 27.8 Å². The molecule has 0 saturated carbocycles. The molecule has 2 aromatic carbocycles. The van der Waals surface area contributed by atoms with Gasteiger partial charge in [0.2, 0.25) is 11.6 Å². The highest BCUT2D eigenvalue weighted by Crippen LogP contribution is 2.32. The molecule has 0 amide bonds. The van der Waals surface area contributed by atoms with Crippen LogP contribution in [0.5, 0.6) is 0 Å². The summed E-state index contributed by atoms with van der Waals surface area (Å²) >= 11 is 0. The zero-order chi connectivity index (χ0) is 39.2. The average Bonchev–Trinajstić information content (AvgIpc) is 3.11. The molecule has 8 nitrogen and oxygen atoms in total. The summed E-state index contributed by atoms with van der Waals surface area (Å²) in [6.45, 7) is 7.02. The van der Waals surface area contributed by atoms with Gasteiger partial charge in [0.25, 0.3) is 6.47 Å². The topological polar surface area (TPSA) is 120 Å². The number of carbonyl (C=O) groups is 5. The molecule has 0 fully saturated rings. The number of ether oxygens (including phenoxy) is 1. The maximum atomic E-state index is 12.7. The molecule has 2 heterocycles. The van der Waals surface area contributed by atoms with Gasteiger partial charge in [-0.3, -0.25) is 33.9 Å². The van der Waals surface area contributed by atoms with Crippen LogP contribution in [0.2, 0.25) is 0 Å². The number of aromatic nitrogens is 2. The maximum Gasteiger partial charge on any atom is 0.416 e. The predicted octanol–water partition coefficient (Wildman–Crippen LogP) is 8.44. The first-order valence-electron chi connectivity index (χ1n) is 15.7. The number of halogens is 6. The van der Waals surface area contributed by atoms with Gasteiger partial charge >= 0.3 is 12.4 Å². The van der Waals surface area contributed by atoms with Crippen LogP contribution in [0, 0.1) is 13.8 Å². The van der Waals surface area contributed by atoms with Crippen LogP contribution in [0.15, 0.2) is 95.9 Å². The molecule has 53 heavy (non-hydrogen) atoms. The molecular formula is C39H30F6N2O6. The van der Waals surface area contributed by atoms with Crippen LogP contribution in [-0.4, -0.2) is 39.6 Å². The van der Waals surface area contributed by atoms with Crippen LogP contribution in [0.4, 0.5) is 26.3 Å². The van der Waals surface area contributed by atoms with Crippen molar-refractivity contribution in [3.63, 3.8) is 0 Å². The number of alkyl halides is 6. The van der Waals surface area contributed by atoms with Crippen LogP contribution >= 0.6 is 0 Å².